The number of hydrogen-bond acceptors (Lipinski definition) is 4. The van der Waals surface area contributed by atoms with Gasteiger partial charge in [0.05, 0.1) is 9.92 Å². The van der Waals surface area contributed by atoms with Gasteiger partial charge in [-0.3, -0.25) is 4.79 Å². The number of hydrogen-bond donors (Lipinski definition) is 1. The maximum atomic E-state index is 12.4. The highest BCUT2D eigenvalue weighted by Gasteiger charge is 2.17. The fourth-order valence-electron chi connectivity index (χ4n) is 2.55. The lowest BCUT2D eigenvalue weighted by molar-refractivity contribution is -0.120. The highest BCUT2D eigenvalue weighted by atomic mass is 35.5. The summed E-state index contributed by atoms with van der Waals surface area (Å²) >= 11 is 6.17. The number of nitrogens with one attached hydrogen (secondary N) is 1. The summed E-state index contributed by atoms with van der Waals surface area (Å²) < 4.78 is 32.6. The van der Waals surface area contributed by atoms with Crippen LogP contribution in [0.2, 0.25) is 5.02 Å². The topological polar surface area (TPSA) is 75.7 Å². The summed E-state index contributed by atoms with van der Waals surface area (Å²) in [5, 5.41) is 0.130. The normalized spacial score (nSPS) is 11.3. The first-order valence-corrected chi connectivity index (χ1v) is 11.3. The zero-order valence-electron chi connectivity index (χ0n) is 17.2. The summed E-state index contributed by atoms with van der Waals surface area (Å²) in [6.07, 6.45) is 1.64. The molecule has 0 saturated carbocycles. The van der Waals surface area contributed by atoms with Crippen LogP contribution in [-0.4, -0.2) is 34.5 Å². The van der Waals surface area contributed by atoms with E-state index in [0.717, 1.165) is 29.7 Å². The molecule has 0 bridgehead atoms. The van der Waals surface area contributed by atoms with Gasteiger partial charge in [0.15, 0.2) is 6.61 Å². The van der Waals surface area contributed by atoms with Crippen molar-refractivity contribution in [2.45, 2.75) is 38.5 Å². The Morgan fingerprint density at radius 3 is 2.48 bits per heavy atom. The predicted molar refractivity (Wildman–Crippen MR) is 116 cm³/mol. The van der Waals surface area contributed by atoms with Crippen LogP contribution in [0, 0.1) is 13.8 Å². The minimum atomic E-state index is -3.63. The average molecular weight is 439 g/mol. The van der Waals surface area contributed by atoms with Gasteiger partial charge in [-0.15, -0.1) is 0 Å². The molecule has 1 N–H and O–H groups in total. The number of benzene rings is 2. The first-order chi connectivity index (χ1) is 13.7. The minimum Gasteiger partial charge on any atom is -0.482 e. The van der Waals surface area contributed by atoms with E-state index in [9.17, 15) is 13.2 Å². The summed E-state index contributed by atoms with van der Waals surface area (Å²) in [6, 6.07) is 9.96. The van der Waals surface area contributed by atoms with Crippen molar-refractivity contribution in [3.8, 4) is 5.75 Å². The third-order valence-corrected chi connectivity index (χ3v) is 6.39. The number of ether oxygens (including phenoxy) is 1. The molecule has 158 valence electrons. The van der Waals surface area contributed by atoms with Gasteiger partial charge in [0.1, 0.15) is 5.75 Å². The molecule has 0 unspecified atom stereocenters. The molecule has 6 nitrogen and oxygen atoms in total. The maximum Gasteiger partial charge on any atom is 0.264 e. The molecule has 2 rings (SSSR count). The number of sulfonamides is 1. The second kappa shape index (κ2) is 10.1. The van der Waals surface area contributed by atoms with Gasteiger partial charge < -0.3 is 9.64 Å². The smallest absolute Gasteiger partial charge is 0.264 e. The molecule has 0 aliphatic heterocycles. The molecule has 29 heavy (non-hydrogen) atoms. The van der Waals surface area contributed by atoms with Crippen molar-refractivity contribution >= 4 is 33.2 Å². The molecule has 0 aliphatic rings. The van der Waals surface area contributed by atoms with Gasteiger partial charge in [-0.05, 0) is 61.7 Å². The lowest BCUT2D eigenvalue weighted by Gasteiger charge is -2.19. The number of nitrogens with zero attached hydrogens (tertiary/aromatic N) is 1. The molecule has 0 heterocycles. The second-order valence-corrected chi connectivity index (χ2v) is 9.03. The van der Waals surface area contributed by atoms with Crippen LogP contribution in [0.3, 0.4) is 0 Å². The fourth-order valence-corrected chi connectivity index (χ4v) is 3.95. The highest BCUT2D eigenvalue weighted by molar-refractivity contribution is 7.89. The number of halogens is 1. The third kappa shape index (κ3) is 6.19. The standard InChI is InChI=1S/C21H27ClN2O4S/c1-5-6-11-23-29(26,27)18-9-10-20(19(22)13-18)28-14-21(25)24(4)17-8-7-15(2)16(3)12-17/h7-10,12-13,23H,5-6,11,14H2,1-4H3. The van der Waals surface area contributed by atoms with E-state index < -0.39 is 10.0 Å². The number of carbonyl (C=O) groups is 1. The summed E-state index contributed by atoms with van der Waals surface area (Å²) in [4.78, 5) is 14.0. The molecule has 0 aromatic heterocycles. The Morgan fingerprint density at radius 1 is 1.14 bits per heavy atom. The quantitative estimate of drug-likeness (QED) is 0.598. The van der Waals surface area contributed by atoms with Crippen molar-refractivity contribution in [2.75, 3.05) is 25.1 Å². The van der Waals surface area contributed by atoms with E-state index in [4.69, 9.17) is 16.3 Å². The minimum absolute atomic E-state index is 0.0597. The number of likely N-dealkylation sites (N-methyl/N-ethyl adjacent to an activating group) is 1. The number of aryl methyl sites for hydroxylation is 2. The van der Waals surface area contributed by atoms with E-state index in [0.29, 0.717) is 6.54 Å². The van der Waals surface area contributed by atoms with Crippen molar-refractivity contribution in [1.29, 1.82) is 0 Å². The summed E-state index contributed by atoms with van der Waals surface area (Å²) in [7, 11) is -1.95. The van der Waals surface area contributed by atoms with Crippen LogP contribution in [0.15, 0.2) is 41.3 Å². The molecule has 0 atom stereocenters. The average Bonchev–Trinajstić information content (AvgIpc) is 2.68. The number of unbranched alkanes of at least 4 members (excludes halogenated alkanes) is 1. The molecule has 8 heteroatoms. The van der Waals surface area contributed by atoms with Crippen molar-refractivity contribution in [3.05, 3.63) is 52.5 Å². The van der Waals surface area contributed by atoms with Gasteiger partial charge in [0.2, 0.25) is 10.0 Å². The SMILES string of the molecule is CCCCNS(=O)(=O)c1ccc(OCC(=O)N(C)c2ccc(C)c(C)c2)c(Cl)c1. The number of amides is 1. The maximum absolute atomic E-state index is 12.4. The van der Waals surface area contributed by atoms with Crippen LogP contribution < -0.4 is 14.4 Å². The molecule has 1 amide bonds. The van der Waals surface area contributed by atoms with Crippen LogP contribution in [0.1, 0.15) is 30.9 Å². The predicted octanol–water partition coefficient (Wildman–Crippen LogP) is 4.08. The van der Waals surface area contributed by atoms with Crippen LogP contribution in [-0.2, 0) is 14.8 Å². The molecule has 0 saturated heterocycles. The number of carbonyl (C=O) groups excluding carboxylic acids is 1. The zero-order chi connectivity index (χ0) is 21.6. The van der Waals surface area contributed by atoms with Crippen LogP contribution in [0.4, 0.5) is 5.69 Å². The third-order valence-electron chi connectivity index (χ3n) is 4.64. The largest absolute Gasteiger partial charge is 0.482 e. The molecular formula is C21H27ClN2O4S. The van der Waals surface area contributed by atoms with E-state index in [1.807, 2.05) is 39.0 Å². The Kier molecular flexibility index (Phi) is 8.07. The van der Waals surface area contributed by atoms with Crippen molar-refractivity contribution in [2.24, 2.45) is 0 Å². The van der Waals surface area contributed by atoms with Crippen LogP contribution in [0.5, 0.6) is 5.75 Å². The van der Waals surface area contributed by atoms with Crippen LogP contribution in [0.25, 0.3) is 0 Å². The van der Waals surface area contributed by atoms with Gasteiger partial charge in [0, 0.05) is 19.3 Å². The lowest BCUT2D eigenvalue weighted by Crippen LogP contribution is -2.31. The highest BCUT2D eigenvalue weighted by Crippen LogP contribution is 2.27. The van der Waals surface area contributed by atoms with Gasteiger partial charge in [-0.25, -0.2) is 13.1 Å². The monoisotopic (exact) mass is 438 g/mol. The summed E-state index contributed by atoms with van der Waals surface area (Å²) in [5.74, 6) is 0.00302. The summed E-state index contributed by atoms with van der Waals surface area (Å²) in [6.45, 7) is 6.13. The van der Waals surface area contributed by atoms with Gasteiger partial charge in [-0.2, -0.15) is 0 Å². The first kappa shape index (κ1) is 23.2. The molecule has 2 aromatic rings. The van der Waals surface area contributed by atoms with E-state index in [1.54, 1.807) is 7.05 Å². The molecule has 0 radical (unpaired) electrons. The molecule has 0 aliphatic carbocycles. The molecular weight excluding hydrogens is 412 g/mol. The lowest BCUT2D eigenvalue weighted by atomic mass is 10.1. The van der Waals surface area contributed by atoms with Crippen molar-refractivity contribution < 1.29 is 17.9 Å². The first-order valence-electron chi connectivity index (χ1n) is 9.41. The van der Waals surface area contributed by atoms with E-state index in [-0.39, 0.29) is 28.2 Å². The van der Waals surface area contributed by atoms with Crippen LogP contribution >= 0.6 is 11.6 Å². The van der Waals surface area contributed by atoms with Gasteiger partial charge >= 0.3 is 0 Å². The summed E-state index contributed by atoms with van der Waals surface area (Å²) in [5.41, 5.74) is 3.01. The van der Waals surface area contributed by atoms with E-state index in [2.05, 4.69) is 4.72 Å². The Balaban J connectivity index is 2.03. The zero-order valence-corrected chi connectivity index (χ0v) is 18.7. The fraction of sp³-hybridized carbons (Fsp3) is 0.381. The number of anilines is 1. The Morgan fingerprint density at radius 2 is 1.86 bits per heavy atom. The Hall–Kier alpha value is -2.09. The molecule has 0 spiro atoms. The Bertz CT molecular complexity index is 977. The van der Waals surface area contributed by atoms with Gasteiger partial charge in [0.25, 0.3) is 5.91 Å². The molecule has 0 fully saturated rings. The van der Waals surface area contributed by atoms with Crippen molar-refractivity contribution in [3.63, 3.8) is 0 Å². The van der Waals surface area contributed by atoms with E-state index >= 15 is 0 Å². The second-order valence-electron chi connectivity index (χ2n) is 6.85. The number of rotatable bonds is 9. The van der Waals surface area contributed by atoms with E-state index in [1.165, 1.54) is 23.1 Å². The van der Waals surface area contributed by atoms with Crippen molar-refractivity contribution in [1.82, 2.24) is 4.72 Å². The van der Waals surface area contributed by atoms with Gasteiger partial charge in [-0.1, -0.05) is 31.0 Å². The Labute approximate surface area is 177 Å². The molecule has 2 aromatic carbocycles.